The topological polar surface area (TPSA) is 76.4 Å². The molecule has 150 valence electrons. The highest BCUT2D eigenvalue weighted by Crippen LogP contribution is 2.29. The van der Waals surface area contributed by atoms with Gasteiger partial charge >= 0.3 is 12.3 Å². The summed E-state index contributed by atoms with van der Waals surface area (Å²) in [5.41, 5.74) is 0.103. The quantitative estimate of drug-likeness (QED) is 0.264. The van der Waals surface area contributed by atoms with Crippen LogP contribution < -0.4 is 15.4 Å². The van der Waals surface area contributed by atoms with Crippen molar-refractivity contribution in [1.82, 2.24) is 0 Å². The number of halogens is 5. The van der Waals surface area contributed by atoms with Crippen LogP contribution in [0.3, 0.4) is 0 Å². The minimum absolute atomic E-state index is 0.0340. The highest BCUT2D eigenvalue weighted by Gasteiger charge is 2.41. The van der Waals surface area contributed by atoms with E-state index in [0.29, 0.717) is 10.7 Å². The van der Waals surface area contributed by atoms with E-state index in [-0.39, 0.29) is 10.8 Å². The zero-order valence-electron chi connectivity index (χ0n) is 13.8. The minimum atomic E-state index is -4.40. The second-order valence-electron chi connectivity index (χ2n) is 5.41. The zero-order chi connectivity index (χ0) is 20.9. The Balaban J connectivity index is 2.14. The Morgan fingerprint density at radius 1 is 1.18 bits per heavy atom. The van der Waals surface area contributed by atoms with Crippen LogP contribution in [0.5, 0.6) is 5.75 Å². The van der Waals surface area contributed by atoms with Gasteiger partial charge in [0, 0.05) is 22.8 Å². The van der Waals surface area contributed by atoms with Crippen molar-refractivity contribution in [1.29, 1.82) is 0 Å². The molecular weight excluding hydrogens is 426 g/mol. The number of nitrogens with one attached hydrogen (secondary N) is 2. The van der Waals surface area contributed by atoms with Crippen LogP contribution in [-0.4, -0.2) is 29.0 Å². The molecule has 0 aliphatic heterocycles. The van der Waals surface area contributed by atoms with Crippen LogP contribution in [0.1, 0.15) is 0 Å². The van der Waals surface area contributed by atoms with E-state index in [1.165, 1.54) is 0 Å². The Morgan fingerprint density at radius 2 is 1.79 bits per heavy atom. The summed E-state index contributed by atoms with van der Waals surface area (Å²) in [4.78, 5) is 10.2. The third-order valence-corrected chi connectivity index (χ3v) is 3.67. The molecule has 0 unspecified atom stereocenters. The lowest BCUT2D eigenvalue weighted by molar-refractivity contribution is -0.384. The molecule has 12 heteroatoms. The summed E-state index contributed by atoms with van der Waals surface area (Å²) in [5, 5.41) is 17.0. The SMILES string of the molecule is O=[N+]([O-])c1cc(NC(=S)Nc2ccc(Cl)cc2)cc(OCC(F)(F)C(F)F)c1. The summed E-state index contributed by atoms with van der Waals surface area (Å²) < 4.78 is 55.1. The minimum Gasteiger partial charge on any atom is -0.487 e. The van der Waals surface area contributed by atoms with E-state index in [2.05, 4.69) is 15.4 Å². The Labute approximate surface area is 166 Å². The third-order valence-electron chi connectivity index (χ3n) is 3.21. The standard InChI is InChI=1S/C16H12ClF4N3O3S/c17-9-1-3-10(4-2-9)22-15(28)23-11-5-12(24(25)26)7-13(6-11)27-8-16(20,21)14(18)19/h1-7,14H,8H2,(H2,22,23,28). The van der Waals surface area contributed by atoms with Gasteiger partial charge in [-0.15, -0.1) is 0 Å². The van der Waals surface area contributed by atoms with Gasteiger partial charge in [0.05, 0.1) is 16.7 Å². The molecular formula is C16H12ClF4N3O3S. The normalized spacial score (nSPS) is 11.2. The number of thiocarbonyl (C=S) groups is 1. The number of ether oxygens (including phenoxy) is 1. The van der Waals surface area contributed by atoms with Crippen LogP contribution in [0.15, 0.2) is 42.5 Å². The monoisotopic (exact) mass is 437 g/mol. The highest BCUT2D eigenvalue weighted by atomic mass is 35.5. The smallest absolute Gasteiger partial charge is 0.340 e. The Bertz CT molecular complexity index is 869. The molecule has 0 aliphatic rings. The van der Waals surface area contributed by atoms with E-state index < -0.39 is 35.3 Å². The molecule has 6 nitrogen and oxygen atoms in total. The number of nitro benzene ring substituents is 1. The lowest BCUT2D eigenvalue weighted by Crippen LogP contribution is -2.33. The average molecular weight is 438 g/mol. The fourth-order valence-electron chi connectivity index (χ4n) is 1.91. The van der Waals surface area contributed by atoms with Gasteiger partial charge in [-0.3, -0.25) is 10.1 Å². The first-order chi connectivity index (χ1) is 13.1. The summed E-state index contributed by atoms with van der Waals surface area (Å²) in [6, 6.07) is 9.50. The Hall–Kier alpha value is -2.66. The van der Waals surface area contributed by atoms with E-state index in [9.17, 15) is 27.7 Å². The maximum Gasteiger partial charge on any atom is 0.340 e. The zero-order valence-corrected chi connectivity index (χ0v) is 15.4. The first-order valence-electron chi connectivity index (χ1n) is 7.48. The van der Waals surface area contributed by atoms with Gasteiger partial charge in [-0.1, -0.05) is 11.6 Å². The van der Waals surface area contributed by atoms with Gasteiger partial charge in [-0.25, -0.2) is 8.78 Å². The first-order valence-corrected chi connectivity index (χ1v) is 8.27. The molecule has 2 aromatic rings. The molecule has 0 saturated carbocycles. The maximum atomic E-state index is 13.0. The number of non-ortho nitro benzene ring substituents is 1. The molecule has 2 N–H and O–H groups in total. The average Bonchev–Trinajstić information content (AvgIpc) is 2.61. The molecule has 0 spiro atoms. The lowest BCUT2D eigenvalue weighted by atomic mass is 10.2. The van der Waals surface area contributed by atoms with Gasteiger partial charge in [0.2, 0.25) is 0 Å². The van der Waals surface area contributed by atoms with Crippen molar-refractivity contribution >= 4 is 46.0 Å². The van der Waals surface area contributed by atoms with E-state index in [0.717, 1.165) is 18.2 Å². The van der Waals surface area contributed by atoms with Crippen molar-refractivity contribution in [3.8, 4) is 5.75 Å². The molecule has 0 heterocycles. The van der Waals surface area contributed by atoms with Crippen LogP contribution in [-0.2, 0) is 0 Å². The van der Waals surface area contributed by atoms with Gasteiger partial charge in [0.1, 0.15) is 5.75 Å². The number of nitro groups is 1. The lowest BCUT2D eigenvalue weighted by Gasteiger charge is -2.17. The van der Waals surface area contributed by atoms with Gasteiger partial charge < -0.3 is 15.4 Å². The summed E-state index contributed by atoms with van der Waals surface area (Å²) >= 11 is 10.8. The molecule has 0 atom stereocenters. The van der Waals surface area contributed by atoms with Gasteiger partial charge in [-0.2, -0.15) is 8.78 Å². The second kappa shape index (κ2) is 9.02. The molecule has 28 heavy (non-hydrogen) atoms. The van der Waals surface area contributed by atoms with Crippen LogP contribution in [0.25, 0.3) is 0 Å². The van der Waals surface area contributed by atoms with Crippen molar-refractivity contribution < 1.29 is 27.2 Å². The molecule has 0 bridgehead atoms. The number of hydrogen-bond acceptors (Lipinski definition) is 4. The number of anilines is 2. The van der Waals surface area contributed by atoms with Gasteiger partial charge in [-0.05, 0) is 36.5 Å². The summed E-state index contributed by atoms with van der Waals surface area (Å²) in [6.45, 7) is -1.64. The molecule has 0 saturated heterocycles. The highest BCUT2D eigenvalue weighted by molar-refractivity contribution is 7.80. The summed E-state index contributed by atoms with van der Waals surface area (Å²) in [6.07, 6.45) is -3.93. The molecule has 0 radical (unpaired) electrons. The van der Waals surface area contributed by atoms with Crippen molar-refractivity contribution in [2.45, 2.75) is 12.3 Å². The number of nitrogens with zero attached hydrogens (tertiary/aromatic N) is 1. The van der Waals surface area contributed by atoms with Crippen LogP contribution in [0, 0.1) is 10.1 Å². The summed E-state index contributed by atoms with van der Waals surface area (Å²) in [7, 11) is 0. The van der Waals surface area contributed by atoms with E-state index >= 15 is 0 Å². The fraction of sp³-hybridized carbons (Fsp3) is 0.188. The number of rotatable bonds is 7. The van der Waals surface area contributed by atoms with Crippen molar-refractivity contribution in [2.75, 3.05) is 17.2 Å². The van der Waals surface area contributed by atoms with E-state index in [1.807, 2.05) is 0 Å². The van der Waals surface area contributed by atoms with Crippen LogP contribution in [0.4, 0.5) is 34.6 Å². The Kier molecular flexibility index (Phi) is 6.97. The molecule has 0 aromatic heterocycles. The third kappa shape index (κ3) is 6.20. The largest absolute Gasteiger partial charge is 0.487 e. The van der Waals surface area contributed by atoms with Crippen molar-refractivity contribution in [3.05, 3.63) is 57.6 Å². The summed E-state index contributed by atoms with van der Waals surface area (Å²) in [5.74, 6) is -4.80. The van der Waals surface area contributed by atoms with Gasteiger partial charge in [0.15, 0.2) is 11.7 Å². The Morgan fingerprint density at radius 3 is 2.36 bits per heavy atom. The molecule has 2 rings (SSSR count). The predicted molar refractivity (Wildman–Crippen MR) is 101 cm³/mol. The van der Waals surface area contributed by atoms with Gasteiger partial charge in [0.25, 0.3) is 5.69 Å². The van der Waals surface area contributed by atoms with Crippen molar-refractivity contribution in [2.24, 2.45) is 0 Å². The number of hydrogen-bond donors (Lipinski definition) is 2. The second-order valence-corrected chi connectivity index (χ2v) is 6.25. The maximum absolute atomic E-state index is 13.0. The van der Waals surface area contributed by atoms with E-state index in [1.54, 1.807) is 24.3 Å². The molecule has 0 fully saturated rings. The number of benzene rings is 2. The van der Waals surface area contributed by atoms with Crippen molar-refractivity contribution in [3.63, 3.8) is 0 Å². The molecule has 2 aromatic carbocycles. The first kappa shape index (κ1) is 21.6. The predicted octanol–water partition coefficient (Wildman–Crippen LogP) is 5.34. The fourth-order valence-corrected chi connectivity index (χ4v) is 2.28. The van der Waals surface area contributed by atoms with Crippen LogP contribution in [0.2, 0.25) is 5.02 Å². The van der Waals surface area contributed by atoms with Crippen LogP contribution >= 0.6 is 23.8 Å². The number of alkyl halides is 4. The molecule has 0 amide bonds. The molecule has 0 aliphatic carbocycles. The van der Waals surface area contributed by atoms with E-state index in [4.69, 9.17) is 23.8 Å².